The maximum absolute atomic E-state index is 12.9. The summed E-state index contributed by atoms with van der Waals surface area (Å²) in [5.74, 6) is -0.221. The summed E-state index contributed by atoms with van der Waals surface area (Å²) >= 11 is 6.07. The number of hydrogen-bond donors (Lipinski definition) is 2. The van der Waals surface area contributed by atoms with Crippen molar-refractivity contribution >= 4 is 35.0 Å². The summed E-state index contributed by atoms with van der Waals surface area (Å²) < 4.78 is 0. The number of rotatable bonds is 5. The van der Waals surface area contributed by atoms with Crippen LogP contribution in [-0.2, 0) is 4.79 Å². The fourth-order valence-corrected chi connectivity index (χ4v) is 4.68. The van der Waals surface area contributed by atoms with Crippen LogP contribution in [0.2, 0.25) is 5.02 Å². The highest BCUT2D eigenvalue weighted by Crippen LogP contribution is 2.23. The molecule has 0 atom stereocenters. The van der Waals surface area contributed by atoms with Gasteiger partial charge >= 0.3 is 0 Å². The molecule has 2 aromatic rings. The summed E-state index contributed by atoms with van der Waals surface area (Å²) in [6.45, 7) is 1.15. The Hall–Kier alpha value is -2.86. The van der Waals surface area contributed by atoms with Crippen LogP contribution in [0, 0.1) is 5.92 Å². The lowest BCUT2D eigenvalue weighted by atomic mass is 9.95. The predicted molar refractivity (Wildman–Crippen MR) is 125 cm³/mol. The summed E-state index contributed by atoms with van der Waals surface area (Å²) in [4.78, 5) is 39.6. The lowest BCUT2D eigenvalue weighted by molar-refractivity contribution is -0.127. The molecular weight excluding hydrogens is 426 g/mol. The van der Waals surface area contributed by atoms with Crippen LogP contribution in [-0.4, -0.2) is 41.8 Å². The third-order valence-corrected chi connectivity index (χ3v) is 6.69. The molecule has 0 radical (unpaired) electrons. The Bertz CT molecular complexity index is 978. The molecule has 1 saturated carbocycles. The van der Waals surface area contributed by atoms with Crippen LogP contribution in [0.3, 0.4) is 0 Å². The van der Waals surface area contributed by atoms with Crippen molar-refractivity contribution in [2.75, 3.05) is 18.4 Å². The molecule has 1 saturated heterocycles. The van der Waals surface area contributed by atoms with E-state index in [1.54, 1.807) is 53.4 Å². The van der Waals surface area contributed by atoms with Gasteiger partial charge in [0.1, 0.15) is 0 Å². The number of anilines is 1. The van der Waals surface area contributed by atoms with Crippen LogP contribution < -0.4 is 10.6 Å². The summed E-state index contributed by atoms with van der Waals surface area (Å²) in [5, 5.41) is 6.36. The van der Waals surface area contributed by atoms with Gasteiger partial charge in [0.25, 0.3) is 11.8 Å². The summed E-state index contributed by atoms with van der Waals surface area (Å²) in [6, 6.07) is 14.0. The zero-order valence-corrected chi connectivity index (χ0v) is 18.7. The molecule has 0 bridgehead atoms. The molecule has 0 unspecified atom stereocenters. The van der Waals surface area contributed by atoms with Crippen LogP contribution in [0.15, 0.2) is 48.5 Å². The number of hydrogen-bond acceptors (Lipinski definition) is 3. The van der Waals surface area contributed by atoms with Gasteiger partial charge in [0, 0.05) is 36.3 Å². The molecule has 1 aliphatic carbocycles. The fourth-order valence-electron chi connectivity index (χ4n) is 4.46. The summed E-state index contributed by atoms with van der Waals surface area (Å²) in [7, 11) is 0. The van der Waals surface area contributed by atoms with Crippen molar-refractivity contribution in [2.45, 2.75) is 44.6 Å². The van der Waals surface area contributed by atoms with Crippen molar-refractivity contribution in [1.29, 1.82) is 0 Å². The minimum Gasteiger partial charge on any atom is -0.353 e. The molecule has 2 aromatic carbocycles. The molecule has 0 spiro atoms. The van der Waals surface area contributed by atoms with E-state index in [0.717, 1.165) is 12.8 Å². The molecule has 32 heavy (non-hydrogen) atoms. The normalized spacial score (nSPS) is 17.2. The van der Waals surface area contributed by atoms with Crippen LogP contribution in [0.25, 0.3) is 0 Å². The van der Waals surface area contributed by atoms with E-state index in [2.05, 4.69) is 10.6 Å². The van der Waals surface area contributed by atoms with E-state index < -0.39 is 0 Å². The van der Waals surface area contributed by atoms with Gasteiger partial charge in [-0.2, -0.15) is 0 Å². The number of halogens is 1. The van der Waals surface area contributed by atoms with Crippen molar-refractivity contribution in [2.24, 2.45) is 5.92 Å². The Morgan fingerprint density at radius 3 is 2.19 bits per heavy atom. The van der Waals surface area contributed by atoms with Gasteiger partial charge in [0.05, 0.1) is 10.6 Å². The number of piperidine rings is 1. The topological polar surface area (TPSA) is 78.5 Å². The van der Waals surface area contributed by atoms with E-state index in [-0.39, 0.29) is 23.6 Å². The number of carbonyl (C=O) groups is 3. The smallest absolute Gasteiger partial charge is 0.257 e. The predicted octanol–water partition coefficient (Wildman–Crippen LogP) is 4.50. The van der Waals surface area contributed by atoms with Crippen molar-refractivity contribution in [1.82, 2.24) is 10.2 Å². The van der Waals surface area contributed by atoms with E-state index in [9.17, 15) is 14.4 Å². The average molecular weight is 454 g/mol. The molecule has 6 nitrogen and oxygen atoms in total. The Kier molecular flexibility index (Phi) is 7.10. The van der Waals surface area contributed by atoms with E-state index in [0.29, 0.717) is 53.8 Å². The van der Waals surface area contributed by atoms with Crippen LogP contribution in [0.1, 0.15) is 59.2 Å². The van der Waals surface area contributed by atoms with Gasteiger partial charge < -0.3 is 15.5 Å². The Balaban J connectivity index is 1.29. The molecule has 4 rings (SSSR count). The monoisotopic (exact) mass is 453 g/mol. The van der Waals surface area contributed by atoms with Gasteiger partial charge in [-0.25, -0.2) is 0 Å². The second-order valence-corrected chi connectivity index (χ2v) is 8.97. The zero-order chi connectivity index (χ0) is 22.5. The lowest BCUT2D eigenvalue weighted by Crippen LogP contribution is -2.44. The number of likely N-dealkylation sites (tertiary alicyclic amines) is 1. The number of nitrogens with zero attached hydrogens (tertiary/aromatic N) is 1. The van der Waals surface area contributed by atoms with Gasteiger partial charge in [-0.1, -0.05) is 36.6 Å². The van der Waals surface area contributed by atoms with Crippen molar-refractivity contribution in [3.05, 3.63) is 64.7 Å². The standard InChI is InChI=1S/C25H28ClN3O3/c26-22-8-4-3-7-21(22)24(31)28-20-11-9-18(10-12-20)25(32)29-15-13-17(14-16-29)23(30)27-19-5-1-2-6-19/h3-4,7-12,17,19H,1-2,5-6,13-16H2,(H,27,30)(H,28,31). The number of nitrogens with one attached hydrogen (secondary N) is 2. The Morgan fingerprint density at radius 2 is 1.53 bits per heavy atom. The first-order valence-corrected chi connectivity index (χ1v) is 11.6. The minimum absolute atomic E-state index is 0.0120. The highest BCUT2D eigenvalue weighted by Gasteiger charge is 2.29. The summed E-state index contributed by atoms with van der Waals surface area (Å²) in [5.41, 5.74) is 1.55. The molecule has 0 aromatic heterocycles. The first-order chi connectivity index (χ1) is 15.5. The molecule has 1 aliphatic heterocycles. The third kappa shape index (κ3) is 5.30. The van der Waals surface area contributed by atoms with E-state index in [4.69, 9.17) is 11.6 Å². The highest BCUT2D eigenvalue weighted by molar-refractivity contribution is 6.34. The average Bonchev–Trinajstić information content (AvgIpc) is 3.32. The highest BCUT2D eigenvalue weighted by atomic mass is 35.5. The molecule has 1 heterocycles. The fraction of sp³-hybridized carbons (Fsp3) is 0.400. The molecule has 2 aliphatic rings. The molecular formula is C25H28ClN3O3. The van der Waals surface area contributed by atoms with E-state index >= 15 is 0 Å². The van der Waals surface area contributed by atoms with Crippen molar-refractivity contribution in [3.8, 4) is 0 Å². The molecule has 2 N–H and O–H groups in total. The van der Waals surface area contributed by atoms with Gasteiger partial charge in [-0.05, 0) is 62.1 Å². The Morgan fingerprint density at radius 1 is 0.875 bits per heavy atom. The van der Waals surface area contributed by atoms with Crippen molar-refractivity contribution < 1.29 is 14.4 Å². The second kappa shape index (κ2) is 10.2. The van der Waals surface area contributed by atoms with Gasteiger partial charge in [-0.3, -0.25) is 14.4 Å². The van der Waals surface area contributed by atoms with Crippen LogP contribution in [0.5, 0.6) is 0 Å². The number of benzene rings is 2. The summed E-state index contributed by atoms with van der Waals surface area (Å²) in [6.07, 6.45) is 5.93. The van der Waals surface area contributed by atoms with Gasteiger partial charge in [-0.15, -0.1) is 0 Å². The largest absolute Gasteiger partial charge is 0.353 e. The van der Waals surface area contributed by atoms with E-state index in [1.165, 1.54) is 12.8 Å². The number of amides is 3. The van der Waals surface area contributed by atoms with Crippen LogP contribution in [0.4, 0.5) is 5.69 Å². The maximum Gasteiger partial charge on any atom is 0.257 e. The van der Waals surface area contributed by atoms with Gasteiger partial charge in [0.15, 0.2) is 0 Å². The quantitative estimate of drug-likeness (QED) is 0.699. The third-order valence-electron chi connectivity index (χ3n) is 6.36. The number of carbonyl (C=O) groups excluding carboxylic acids is 3. The van der Waals surface area contributed by atoms with E-state index in [1.807, 2.05) is 0 Å². The van der Waals surface area contributed by atoms with Gasteiger partial charge in [0.2, 0.25) is 5.91 Å². The van der Waals surface area contributed by atoms with Crippen molar-refractivity contribution in [3.63, 3.8) is 0 Å². The molecule has 3 amide bonds. The molecule has 168 valence electrons. The first-order valence-electron chi connectivity index (χ1n) is 11.3. The first kappa shape index (κ1) is 22.3. The SMILES string of the molecule is O=C(Nc1ccc(C(=O)N2CCC(C(=O)NC3CCCC3)CC2)cc1)c1ccccc1Cl. The minimum atomic E-state index is -0.298. The lowest BCUT2D eigenvalue weighted by Gasteiger charge is -2.32. The zero-order valence-electron chi connectivity index (χ0n) is 18.0. The molecule has 2 fully saturated rings. The Labute approximate surface area is 193 Å². The maximum atomic E-state index is 12.9. The van der Waals surface area contributed by atoms with Crippen LogP contribution >= 0.6 is 11.6 Å². The molecule has 7 heteroatoms. The second-order valence-electron chi connectivity index (χ2n) is 8.57.